The zero-order chi connectivity index (χ0) is 22.2. The van der Waals surface area contributed by atoms with Crippen molar-refractivity contribution in [3.63, 3.8) is 0 Å². The summed E-state index contributed by atoms with van der Waals surface area (Å²) >= 11 is 1.42. The molecule has 0 saturated carbocycles. The van der Waals surface area contributed by atoms with Gasteiger partial charge in [0.15, 0.2) is 0 Å². The van der Waals surface area contributed by atoms with Crippen LogP contribution in [0.4, 0.5) is 0 Å². The summed E-state index contributed by atoms with van der Waals surface area (Å²) in [5.41, 5.74) is 2.31. The fraction of sp³-hybridized carbons (Fsp3) is 0.360. The third kappa shape index (κ3) is 5.99. The van der Waals surface area contributed by atoms with E-state index in [4.69, 9.17) is 9.47 Å². The van der Waals surface area contributed by atoms with Crippen LogP contribution in [-0.2, 0) is 20.1 Å². The molecule has 0 saturated heterocycles. The molecule has 1 aliphatic heterocycles. The molecule has 0 unspecified atom stereocenters. The first kappa shape index (κ1) is 23.1. The van der Waals surface area contributed by atoms with Crippen molar-refractivity contribution < 1.29 is 19.1 Å². The summed E-state index contributed by atoms with van der Waals surface area (Å²) in [6.45, 7) is 7.30. The summed E-state index contributed by atoms with van der Waals surface area (Å²) < 4.78 is 11.1. The minimum atomic E-state index is -0.241. The van der Waals surface area contributed by atoms with Gasteiger partial charge in [-0.3, -0.25) is 14.5 Å². The SMILES string of the molecule is CCOc1ccc(C2=C(SCc3ccccc3)C(=O)N(CCCOC(C)C)C2=O)cc1. The van der Waals surface area contributed by atoms with E-state index >= 15 is 0 Å². The van der Waals surface area contributed by atoms with Crippen molar-refractivity contribution in [1.82, 2.24) is 4.90 Å². The normalized spacial score (nSPS) is 14.1. The van der Waals surface area contributed by atoms with Crippen LogP contribution in [0.1, 0.15) is 38.3 Å². The van der Waals surface area contributed by atoms with Crippen molar-refractivity contribution in [3.05, 3.63) is 70.6 Å². The monoisotopic (exact) mass is 439 g/mol. The van der Waals surface area contributed by atoms with E-state index in [-0.39, 0.29) is 17.9 Å². The number of rotatable bonds is 11. The van der Waals surface area contributed by atoms with Gasteiger partial charge in [0.1, 0.15) is 5.75 Å². The average molecular weight is 440 g/mol. The Kier molecular flexibility index (Phi) is 8.32. The first-order valence-corrected chi connectivity index (χ1v) is 11.6. The van der Waals surface area contributed by atoms with E-state index < -0.39 is 0 Å². The molecular weight excluding hydrogens is 410 g/mol. The van der Waals surface area contributed by atoms with Crippen LogP contribution < -0.4 is 4.74 Å². The number of imide groups is 1. The Morgan fingerprint density at radius 3 is 2.32 bits per heavy atom. The highest BCUT2D eigenvalue weighted by atomic mass is 32.2. The Morgan fingerprint density at radius 1 is 0.968 bits per heavy atom. The Bertz CT molecular complexity index is 922. The minimum Gasteiger partial charge on any atom is -0.494 e. The average Bonchev–Trinajstić information content (AvgIpc) is 3.00. The fourth-order valence-electron chi connectivity index (χ4n) is 3.30. The van der Waals surface area contributed by atoms with E-state index in [9.17, 15) is 9.59 Å². The van der Waals surface area contributed by atoms with E-state index in [1.165, 1.54) is 16.7 Å². The molecule has 3 rings (SSSR count). The summed E-state index contributed by atoms with van der Waals surface area (Å²) in [6.07, 6.45) is 0.738. The molecule has 1 aliphatic rings. The number of thioether (sulfide) groups is 1. The highest BCUT2D eigenvalue weighted by Gasteiger charge is 2.38. The Morgan fingerprint density at radius 2 is 1.68 bits per heavy atom. The summed E-state index contributed by atoms with van der Waals surface area (Å²) in [5.74, 6) is 0.901. The second-order valence-corrected chi connectivity index (χ2v) is 8.46. The van der Waals surface area contributed by atoms with E-state index in [1.807, 2.05) is 75.4 Å². The predicted octanol–water partition coefficient (Wildman–Crippen LogP) is 4.91. The molecule has 31 heavy (non-hydrogen) atoms. The molecule has 2 amide bonds. The number of carbonyl (C=O) groups is 2. The van der Waals surface area contributed by atoms with Crippen LogP contribution in [-0.4, -0.2) is 42.6 Å². The van der Waals surface area contributed by atoms with Gasteiger partial charge in [-0.2, -0.15) is 0 Å². The van der Waals surface area contributed by atoms with Crippen LogP contribution in [0.3, 0.4) is 0 Å². The first-order valence-electron chi connectivity index (χ1n) is 10.6. The molecule has 5 nitrogen and oxygen atoms in total. The number of hydrogen-bond acceptors (Lipinski definition) is 5. The van der Waals surface area contributed by atoms with Crippen molar-refractivity contribution >= 4 is 29.1 Å². The second-order valence-electron chi connectivity index (χ2n) is 7.47. The van der Waals surface area contributed by atoms with Gasteiger partial charge in [0, 0.05) is 18.9 Å². The molecule has 1 heterocycles. The van der Waals surface area contributed by atoms with Gasteiger partial charge in [-0.15, -0.1) is 11.8 Å². The Labute approximate surface area is 188 Å². The van der Waals surface area contributed by atoms with Gasteiger partial charge in [0.25, 0.3) is 11.8 Å². The van der Waals surface area contributed by atoms with Crippen LogP contribution in [0.2, 0.25) is 0 Å². The lowest BCUT2D eigenvalue weighted by Crippen LogP contribution is -2.33. The molecule has 0 N–H and O–H groups in total. The largest absolute Gasteiger partial charge is 0.494 e. The molecular formula is C25H29NO4S. The van der Waals surface area contributed by atoms with Gasteiger partial charge in [-0.1, -0.05) is 42.5 Å². The van der Waals surface area contributed by atoms with Crippen molar-refractivity contribution in [2.45, 2.75) is 39.0 Å². The number of hydrogen-bond donors (Lipinski definition) is 0. The number of carbonyl (C=O) groups excluding carboxylic acids is 2. The number of ether oxygens (including phenoxy) is 2. The minimum absolute atomic E-state index is 0.125. The molecule has 0 fully saturated rings. The Balaban J connectivity index is 1.82. The van der Waals surface area contributed by atoms with Crippen molar-refractivity contribution in [1.29, 1.82) is 0 Å². The van der Waals surface area contributed by atoms with Gasteiger partial charge in [-0.05, 0) is 50.5 Å². The van der Waals surface area contributed by atoms with Gasteiger partial charge in [0.05, 0.1) is 23.2 Å². The van der Waals surface area contributed by atoms with Crippen LogP contribution in [0.15, 0.2) is 59.5 Å². The Hall–Kier alpha value is -2.57. The third-order valence-electron chi connectivity index (χ3n) is 4.78. The lowest BCUT2D eigenvalue weighted by molar-refractivity contribution is -0.136. The molecule has 164 valence electrons. The van der Waals surface area contributed by atoms with Crippen LogP contribution >= 0.6 is 11.8 Å². The zero-order valence-electron chi connectivity index (χ0n) is 18.3. The van der Waals surface area contributed by atoms with Gasteiger partial charge < -0.3 is 9.47 Å². The molecule has 2 aromatic rings. The van der Waals surface area contributed by atoms with Crippen molar-refractivity contribution in [2.24, 2.45) is 0 Å². The zero-order valence-corrected chi connectivity index (χ0v) is 19.1. The molecule has 0 aliphatic carbocycles. The molecule has 2 aromatic carbocycles. The fourth-order valence-corrected chi connectivity index (χ4v) is 4.39. The smallest absolute Gasteiger partial charge is 0.267 e. The highest BCUT2D eigenvalue weighted by molar-refractivity contribution is 8.03. The molecule has 0 bridgehead atoms. The maximum Gasteiger partial charge on any atom is 0.267 e. The van der Waals surface area contributed by atoms with Crippen molar-refractivity contribution in [3.8, 4) is 5.75 Å². The lowest BCUT2D eigenvalue weighted by atomic mass is 10.1. The van der Waals surface area contributed by atoms with Crippen LogP contribution in [0, 0.1) is 0 Å². The van der Waals surface area contributed by atoms with Gasteiger partial charge in [0.2, 0.25) is 0 Å². The molecule has 6 heteroatoms. The standard InChI is InChI=1S/C25H29NO4S/c1-4-29-21-13-11-20(12-14-21)22-23(31-17-19-9-6-5-7-10-19)25(28)26(24(22)27)15-8-16-30-18(2)3/h5-7,9-14,18H,4,8,15-17H2,1-3H3. The van der Waals surface area contributed by atoms with E-state index in [0.717, 1.165) is 16.9 Å². The van der Waals surface area contributed by atoms with Crippen molar-refractivity contribution in [2.75, 3.05) is 19.8 Å². The quantitative estimate of drug-likeness (QED) is 0.368. The van der Waals surface area contributed by atoms with Gasteiger partial charge in [-0.25, -0.2) is 0 Å². The number of nitrogens with zero attached hydrogens (tertiary/aromatic N) is 1. The number of benzene rings is 2. The second kappa shape index (κ2) is 11.2. The maximum atomic E-state index is 13.2. The third-order valence-corrected chi connectivity index (χ3v) is 5.93. The summed E-state index contributed by atoms with van der Waals surface area (Å²) in [6, 6.07) is 17.3. The molecule has 0 aromatic heterocycles. The van der Waals surface area contributed by atoms with E-state index in [0.29, 0.717) is 42.4 Å². The topological polar surface area (TPSA) is 55.8 Å². The lowest BCUT2D eigenvalue weighted by Gasteiger charge is -2.16. The predicted molar refractivity (Wildman–Crippen MR) is 125 cm³/mol. The van der Waals surface area contributed by atoms with Gasteiger partial charge >= 0.3 is 0 Å². The number of amides is 2. The highest BCUT2D eigenvalue weighted by Crippen LogP contribution is 2.38. The van der Waals surface area contributed by atoms with Crippen LogP contribution in [0.5, 0.6) is 5.75 Å². The first-order chi connectivity index (χ1) is 15.0. The maximum absolute atomic E-state index is 13.2. The van der Waals surface area contributed by atoms with Crippen LogP contribution in [0.25, 0.3) is 5.57 Å². The van der Waals surface area contributed by atoms with E-state index in [1.54, 1.807) is 0 Å². The summed E-state index contributed by atoms with van der Waals surface area (Å²) in [7, 11) is 0. The summed E-state index contributed by atoms with van der Waals surface area (Å²) in [4.78, 5) is 28.3. The van der Waals surface area contributed by atoms with E-state index in [2.05, 4.69) is 0 Å². The molecule has 0 radical (unpaired) electrons. The molecule has 0 spiro atoms. The molecule has 0 atom stereocenters. The summed E-state index contributed by atoms with van der Waals surface area (Å²) in [5, 5.41) is 0.